The maximum atomic E-state index is 11.4. The summed E-state index contributed by atoms with van der Waals surface area (Å²) in [6, 6.07) is 5.18. The fraction of sp³-hybridized carbons (Fsp3) is 0.500. The van der Waals surface area contributed by atoms with Crippen molar-refractivity contribution in [3.05, 3.63) is 33.3 Å². The smallest absolute Gasteiger partial charge is 0.305 e. The SMILES string of the molecule is CCCCOC(=O)CCC(O)c1ccc(Cl)cc1Br. The molecule has 0 aliphatic carbocycles. The quantitative estimate of drug-likeness (QED) is 0.591. The Morgan fingerprint density at radius 3 is 2.89 bits per heavy atom. The first-order valence-electron chi connectivity index (χ1n) is 6.33. The van der Waals surface area contributed by atoms with E-state index in [1.165, 1.54) is 0 Å². The number of carbonyl (C=O) groups is 1. The molecule has 1 atom stereocenters. The molecular formula is C14H18BrClO3. The molecule has 5 heteroatoms. The predicted octanol–water partition coefficient (Wildman–Crippen LogP) is 4.26. The van der Waals surface area contributed by atoms with Crippen LogP contribution in [0.1, 0.15) is 44.3 Å². The molecule has 0 aromatic heterocycles. The highest BCUT2D eigenvalue weighted by Gasteiger charge is 2.14. The Morgan fingerprint density at radius 2 is 2.26 bits per heavy atom. The molecular weight excluding hydrogens is 332 g/mol. The molecule has 1 unspecified atom stereocenters. The number of hydrogen-bond donors (Lipinski definition) is 1. The highest BCUT2D eigenvalue weighted by atomic mass is 79.9. The molecule has 0 bridgehead atoms. The van der Waals surface area contributed by atoms with Crippen LogP contribution in [0.3, 0.4) is 0 Å². The topological polar surface area (TPSA) is 46.5 Å². The van der Waals surface area contributed by atoms with E-state index in [1.54, 1.807) is 18.2 Å². The van der Waals surface area contributed by atoms with Gasteiger partial charge in [-0.25, -0.2) is 0 Å². The molecule has 0 heterocycles. The number of aliphatic hydroxyl groups excluding tert-OH is 1. The summed E-state index contributed by atoms with van der Waals surface area (Å²) in [4.78, 5) is 11.4. The minimum atomic E-state index is -0.703. The molecule has 0 saturated carbocycles. The van der Waals surface area contributed by atoms with Gasteiger partial charge in [-0.15, -0.1) is 0 Å². The van der Waals surface area contributed by atoms with E-state index in [1.807, 2.05) is 6.92 Å². The monoisotopic (exact) mass is 348 g/mol. The van der Waals surface area contributed by atoms with Gasteiger partial charge in [-0.05, 0) is 30.5 Å². The van der Waals surface area contributed by atoms with Crippen molar-refractivity contribution in [2.45, 2.75) is 38.7 Å². The van der Waals surface area contributed by atoms with Crippen LogP contribution in [0.2, 0.25) is 5.02 Å². The molecule has 0 aliphatic rings. The van der Waals surface area contributed by atoms with E-state index in [0.717, 1.165) is 22.9 Å². The van der Waals surface area contributed by atoms with E-state index in [2.05, 4.69) is 15.9 Å². The second-order valence-corrected chi connectivity index (χ2v) is 5.59. The molecule has 1 aromatic rings. The van der Waals surface area contributed by atoms with Gasteiger partial charge in [0.1, 0.15) is 0 Å². The van der Waals surface area contributed by atoms with Crippen LogP contribution in [0, 0.1) is 0 Å². The number of benzene rings is 1. The zero-order chi connectivity index (χ0) is 14.3. The van der Waals surface area contributed by atoms with Crippen molar-refractivity contribution >= 4 is 33.5 Å². The van der Waals surface area contributed by atoms with E-state index in [9.17, 15) is 9.90 Å². The van der Waals surface area contributed by atoms with Crippen LogP contribution >= 0.6 is 27.5 Å². The van der Waals surface area contributed by atoms with Crippen LogP contribution in [0.25, 0.3) is 0 Å². The van der Waals surface area contributed by atoms with Crippen molar-refractivity contribution in [3.63, 3.8) is 0 Å². The largest absolute Gasteiger partial charge is 0.466 e. The van der Waals surface area contributed by atoms with Gasteiger partial charge in [0.15, 0.2) is 0 Å². The fourth-order valence-corrected chi connectivity index (χ4v) is 2.53. The summed E-state index contributed by atoms with van der Waals surface area (Å²) in [7, 11) is 0. The van der Waals surface area contributed by atoms with Crippen LogP contribution in [-0.4, -0.2) is 17.7 Å². The molecule has 3 nitrogen and oxygen atoms in total. The van der Waals surface area contributed by atoms with Crippen molar-refractivity contribution < 1.29 is 14.6 Å². The summed E-state index contributed by atoms with van der Waals surface area (Å²) in [5.41, 5.74) is 0.728. The van der Waals surface area contributed by atoms with Crippen LogP contribution in [0.4, 0.5) is 0 Å². The molecule has 1 aromatic carbocycles. The second-order valence-electron chi connectivity index (χ2n) is 4.29. The van der Waals surface area contributed by atoms with Gasteiger partial charge in [0.2, 0.25) is 0 Å². The number of carbonyl (C=O) groups excluding carboxylic acids is 1. The van der Waals surface area contributed by atoms with Gasteiger partial charge in [-0.1, -0.05) is 46.9 Å². The molecule has 1 rings (SSSR count). The van der Waals surface area contributed by atoms with Crippen LogP contribution < -0.4 is 0 Å². The summed E-state index contributed by atoms with van der Waals surface area (Å²) in [5.74, 6) is -0.266. The number of unbranched alkanes of at least 4 members (excludes halogenated alkanes) is 1. The molecule has 0 radical (unpaired) electrons. The summed E-state index contributed by atoms with van der Waals surface area (Å²) in [6.45, 7) is 2.49. The Morgan fingerprint density at radius 1 is 1.53 bits per heavy atom. The number of halogens is 2. The summed E-state index contributed by atoms with van der Waals surface area (Å²) >= 11 is 9.18. The third kappa shape index (κ3) is 5.93. The van der Waals surface area contributed by atoms with Crippen molar-refractivity contribution in [1.29, 1.82) is 0 Å². The van der Waals surface area contributed by atoms with Crippen molar-refractivity contribution in [3.8, 4) is 0 Å². The Labute approximate surface area is 127 Å². The lowest BCUT2D eigenvalue weighted by Gasteiger charge is -2.12. The highest BCUT2D eigenvalue weighted by Crippen LogP contribution is 2.29. The molecule has 106 valence electrons. The Bertz CT molecular complexity index is 423. The summed E-state index contributed by atoms with van der Waals surface area (Å²) < 4.78 is 5.78. The number of ether oxygens (including phenoxy) is 1. The van der Waals surface area contributed by atoms with Crippen molar-refractivity contribution in [2.24, 2.45) is 0 Å². The third-order valence-corrected chi connectivity index (χ3v) is 3.63. The Hall–Kier alpha value is -0.580. The number of hydrogen-bond acceptors (Lipinski definition) is 3. The Balaban J connectivity index is 2.42. The van der Waals surface area contributed by atoms with Gasteiger partial charge in [0.25, 0.3) is 0 Å². The van der Waals surface area contributed by atoms with E-state index < -0.39 is 6.10 Å². The first-order valence-corrected chi connectivity index (χ1v) is 7.50. The van der Waals surface area contributed by atoms with E-state index in [0.29, 0.717) is 18.1 Å². The van der Waals surface area contributed by atoms with Gasteiger partial charge < -0.3 is 9.84 Å². The van der Waals surface area contributed by atoms with Gasteiger partial charge in [-0.2, -0.15) is 0 Å². The minimum absolute atomic E-state index is 0.208. The molecule has 19 heavy (non-hydrogen) atoms. The molecule has 1 N–H and O–H groups in total. The van der Waals surface area contributed by atoms with Gasteiger partial charge in [0, 0.05) is 15.9 Å². The maximum absolute atomic E-state index is 11.4. The minimum Gasteiger partial charge on any atom is -0.466 e. The van der Waals surface area contributed by atoms with E-state index in [-0.39, 0.29) is 12.4 Å². The van der Waals surface area contributed by atoms with Gasteiger partial charge in [0.05, 0.1) is 12.7 Å². The number of rotatable bonds is 7. The number of esters is 1. The molecule has 0 saturated heterocycles. The Kier molecular flexibility index (Phi) is 7.42. The lowest BCUT2D eigenvalue weighted by atomic mass is 10.1. The first kappa shape index (κ1) is 16.5. The number of aliphatic hydroxyl groups is 1. The first-order chi connectivity index (χ1) is 9.04. The summed E-state index contributed by atoms with van der Waals surface area (Å²) in [5, 5.41) is 10.6. The standard InChI is InChI=1S/C14H18BrClO3/c1-2-3-8-19-14(18)7-6-13(17)11-5-4-10(16)9-12(11)15/h4-5,9,13,17H,2-3,6-8H2,1H3. The molecule has 0 amide bonds. The second kappa shape index (κ2) is 8.56. The van der Waals surface area contributed by atoms with Crippen LogP contribution in [0.5, 0.6) is 0 Å². The predicted molar refractivity (Wildman–Crippen MR) is 79.2 cm³/mol. The molecule has 0 fully saturated rings. The zero-order valence-corrected chi connectivity index (χ0v) is 13.2. The lowest BCUT2D eigenvalue weighted by molar-refractivity contribution is -0.144. The van der Waals surface area contributed by atoms with E-state index in [4.69, 9.17) is 16.3 Å². The lowest BCUT2D eigenvalue weighted by Crippen LogP contribution is -2.08. The van der Waals surface area contributed by atoms with Gasteiger partial charge >= 0.3 is 5.97 Å². The normalized spacial score (nSPS) is 12.2. The average molecular weight is 350 g/mol. The molecule has 0 spiro atoms. The average Bonchev–Trinajstić information content (AvgIpc) is 2.36. The van der Waals surface area contributed by atoms with Crippen molar-refractivity contribution in [2.75, 3.05) is 6.61 Å². The maximum Gasteiger partial charge on any atom is 0.305 e. The van der Waals surface area contributed by atoms with Gasteiger partial charge in [-0.3, -0.25) is 4.79 Å². The summed E-state index contributed by atoms with van der Waals surface area (Å²) in [6.07, 6.45) is 1.71. The fourth-order valence-electron chi connectivity index (χ4n) is 1.58. The van der Waals surface area contributed by atoms with Crippen molar-refractivity contribution in [1.82, 2.24) is 0 Å². The molecule has 0 aliphatic heterocycles. The van der Waals surface area contributed by atoms with Crippen LogP contribution in [0.15, 0.2) is 22.7 Å². The van der Waals surface area contributed by atoms with Crippen LogP contribution in [-0.2, 0) is 9.53 Å². The zero-order valence-electron chi connectivity index (χ0n) is 10.9. The van der Waals surface area contributed by atoms with E-state index >= 15 is 0 Å². The third-order valence-electron chi connectivity index (χ3n) is 2.70. The highest BCUT2D eigenvalue weighted by molar-refractivity contribution is 9.10.